The molecule has 1 atom stereocenters. The van der Waals surface area contributed by atoms with Gasteiger partial charge in [-0.3, -0.25) is 19.7 Å². The van der Waals surface area contributed by atoms with Crippen LogP contribution in [-0.2, 0) is 4.79 Å². The molecular weight excluding hydrogens is 528 g/mol. The number of anilines is 1. The first-order valence-electron chi connectivity index (χ1n) is 11.2. The Balaban J connectivity index is 1.38. The molecule has 1 amide bonds. The number of carbonyl (C=O) groups excluding carboxylic acids is 2. The summed E-state index contributed by atoms with van der Waals surface area (Å²) in [5, 5.41) is 27.3. The Bertz CT molecular complexity index is 1640. The van der Waals surface area contributed by atoms with Crippen molar-refractivity contribution in [3.63, 3.8) is 0 Å². The molecule has 1 aliphatic heterocycles. The number of rotatable bonds is 7. The Kier molecular flexibility index (Phi) is 6.86. The van der Waals surface area contributed by atoms with Crippen LogP contribution in [0.15, 0.2) is 93.5 Å². The maximum absolute atomic E-state index is 13.2. The highest BCUT2D eigenvalue weighted by atomic mass is 35.5. The average Bonchev–Trinajstić information content (AvgIpc) is 3.52. The molecule has 0 saturated carbocycles. The van der Waals surface area contributed by atoms with Crippen LogP contribution < -0.4 is 5.01 Å². The highest BCUT2D eigenvalue weighted by Gasteiger charge is 2.36. The number of thiazole rings is 1. The smallest absolute Gasteiger partial charge is 0.282 e. The minimum absolute atomic E-state index is 0.0593. The molecule has 0 radical (unpaired) electrons. The lowest BCUT2D eigenvalue weighted by molar-refractivity contribution is -0.384. The molecule has 0 bridgehead atoms. The SMILES string of the molecule is CC1=NN(c2nc(-c3cccc([N+](=O)[O-])c3)cs2)C(=O)C1N=Nc1ccc(Cl)cc1C(=O)c1ccccc1. The van der Waals surface area contributed by atoms with Gasteiger partial charge in [-0.2, -0.15) is 20.3 Å². The molecule has 10 nitrogen and oxygen atoms in total. The Morgan fingerprint density at radius 3 is 2.66 bits per heavy atom. The van der Waals surface area contributed by atoms with Crippen molar-refractivity contribution in [1.82, 2.24) is 4.98 Å². The van der Waals surface area contributed by atoms with Crippen molar-refractivity contribution in [3.8, 4) is 11.3 Å². The standard InChI is InChI=1S/C26H17ClN6O4S/c1-15-23(30-29-21-11-10-18(27)13-20(21)24(34)16-6-3-2-4-7-16)25(35)32(31-15)26-28-22(14-38-26)17-8-5-9-19(12-17)33(36)37/h2-14,23H,1H3. The normalized spacial score (nSPS) is 15.2. The zero-order chi connectivity index (χ0) is 26.8. The van der Waals surface area contributed by atoms with E-state index in [-0.39, 0.29) is 22.7 Å². The summed E-state index contributed by atoms with van der Waals surface area (Å²) in [5.41, 5.74) is 2.35. The highest BCUT2D eigenvalue weighted by molar-refractivity contribution is 7.14. The number of hydrazone groups is 1. The first-order chi connectivity index (χ1) is 18.3. The predicted molar refractivity (Wildman–Crippen MR) is 144 cm³/mol. The van der Waals surface area contributed by atoms with Crippen molar-refractivity contribution in [1.29, 1.82) is 0 Å². The van der Waals surface area contributed by atoms with Gasteiger partial charge in [0.15, 0.2) is 11.8 Å². The van der Waals surface area contributed by atoms with Crippen LogP contribution in [0, 0.1) is 10.1 Å². The van der Waals surface area contributed by atoms with Gasteiger partial charge >= 0.3 is 0 Å². The fourth-order valence-electron chi connectivity index (χ4n) is 3.74. The molecule has 3 aromatic carbocycles. The number of non-ortho nitro benzene ring substituents is 1. The zero-order valence-corrected chi connectivity index (χ0v) is 21.3. The van der Waals surface area contributed by atoms with Crippen molar-refractivity contribution in [2.24, 2.45) is 15.3 Å². The molecule has 188 valence electrons. The molecule has 1 unspecified atom stereocenters. The van der Waals surface area contributed by atoms with Crippen LogP contribution in [0.25, 0.3) is 11.3 Å². The van der Waals surface area contributed by atoms with E-state index in [0.29, 0.717) is 32.7 Å². The minimum Gasteiger partial charge on any atom is -0.289 e. The van der Waals surface area contributed by atoms with Gasteiger partial charge in [0.1, 0.15) is 0 Å². The van der Waals surface area contributed by atoms with E-state index in [2.05, 4.69) is 20.3 Å². The van der Waals surface area contributed by atoms with E-state index in [9.17, 15) is 19.7 Å². The third-order valence-electron chi connectivity index (χ3n) is 5.64. The number of azo groups is 1. The number of hydrogen-bond donors (Lipinski definition) is 0. The number of benzene rings is 3. The third kappa shape index (κ3) is 4.97. The van der Waals surface area contributed by atoms with Crippen LogP contribution in [0.1, 0.15) is 22.8 Å². The number of amides is 1. The maximum Gasteiger partial charge on any atom is 0.282 e. The second-order valence-electron chi connectivity index (χ2n) is 8.19. The van der Waals surface area contributed by atoms with Gasteiger partial charge in [0.2, 0.25) is 5.13 Å². The minimum atomic E-state index is -1.00. The van der Waals surface area contributed by atoms with Gasteiger partial charge < -0.3 is 0 Å². The number of ketones is 1. The van der Waals surface area contributed by atoms with Gasteiger partial charge in [-0.1, -0.05) is 54.1 Å². The summed E-state index contributed by atoms with van der Waals surface area (Å²) in [5.74, 6) is -0.737. The van der Waals surface area contributed by atoms with Crippen LogP contribution in [0.2, 0.25) is 5.02 Å². The Labute approximate surface area is 225 Å². The van der Waals surface area contributed by atoms with Crippen LogP contribution in [0.4, 0.5) is 16.5 Å². The topological polar surface area (TPSA) is 130 Å². The fourth-order valence-corrected chi connectivity index (χ4v) is 4.70. The summed E-state index contributed by atoms with van der Waals surface area (Å²) >= 11 is 7.30. The molecule has 4 aromatic rings. The first kappa shape index (κ1) is 25.1. The number of hydrogen-bond acceptors (Lipinski definition) is 9. The second kappa shape index (κ2) is 10.4. The largest absolute Gasteiger partial charge is 0.289 e. The summed E-state index contributed by atoms with van der Waals surface area (Å²) < 4.78 is 0. The van der Waals surface area contributed by atoms with Crippen LogP contribution >= 0.6 is 22.9 Å². The fraction of sp³-hybridized carbons (Fsp3) is 0.0769. The molecule has 0 saturated heterocycles. The molecule has 1 aromatic heterocycles. The lowest BCUT2D eigenvalue weighted by Gasteiger charge is -2.09. The molecule has 0 spiro atoms. The molecule has 38 heavy (non-hydrogen) atoms. The van der Waals surface area contributed by atoms with Gasteiger partial charge in [0, 0.05) is 33.7 Å². The molecule has 5 rings (SSSR count). The quantitative estimate of drug-likeness (QED) is 0.114. The van der Waals surface area contributed by atoms with Gasteiger partial charge in [-0.15, -0.1) is 11.3 Å². The Morgan fingerprint density at radius 2 is 1.89 bits per heavy atom. The monoisotopic (exact) mass is 544 g/mol. The van der Waals surface area contributed by atoms with Gasteiger partial charge in [-0.05, 0) is 25.1 Å². The lowest BCUT2D eigenvalue weighted by atomic mass is 10.0. The summed E-state index contributed by atoms with van der Waals surface area (Å²) in [6.07, 6.45) is 0. The first-order valence-corrected chi connectivity index (χ1v) is 12.5. The summed E-state index contributed by atoms with van der Waals surface area (Å²) in [6, 6.07) is 18.4. The Morgan fingerprint density at radius 1 is 1.11 bits per heavy atom. The van der Waals surface area contributed by atoms with Crippen molar-refractivity contribution in [2.75, 3.05) is 5.01 Å². The number of halogens is 1. The van der Waals surface area contributed by atoms with Crippen molar-refractivity contribution in [2.45, 2.75) is 13.0 Å². The molecule has 2 heterocycles. The van der Waals surface area contributed by atoms with Crippen LogP contribution in [0.3, 0.4) is 0 Å². The lowest BCUT2D eigenvalue weighted by Crippen LogP contribution is -2.29. The third-order valence-corrected chi connectivity index (χ3v) is 6.69. The van der Waals surface area contributed by atoms with E-state index in [4.69, 9.17) is 11.6 Å². The van der Waals surface area contributed by atoms with E-state index >= 15 is 0 Å². The van der Waals surface area contributed by atoms with E-state index < -0.39 is 16.9 Å². The van der Waals surface area contributed by atoms with Crippen LogP contribution in [0.5, 0.6) is 0 Å². The number of nitro groups is 1. The molecule has 0 N–H and O–H groups in total. The van der Waals surface area contributed by atoms with E-state index in [1.165, 1.54) is 29.5 Å². The summed E-state index contributed by atoms with van der Waals surface area (Å²) in [6.45, 7) is 1.65. The molecular formula is C26H17ClN6O4S. The van der Waals surface area contributed by atoms with Crippen molar-refractivity contribution in [3.05, 3.63) is 104 Å². The number of aromatic nitrogens is 1. The van der Waals surface area contributed by atoms with Gasteiger partial charge in [0.25, 0.3) is 11.6 Å². The predicted octanol–water partition coefficient (Wildman–Crippen LogP) is 6.48. The molecule has 12 heteroatoms. The van der Waals surface area contributed by atoms with E-state index in [1.807, 2.05) is 6.07 Å². The zero-order valence-electron chi connectivity index (χ0n) is 19.7. The average molecular weight is 545 g/mol. The van der Waals surface area contributed by atoms with Gasteiger partial charge in [0.05, 0.1) is 27.6 Å². The number of nitro benzene ring substituents is 1. The van der Waals surface area contributed by atoms with E-state index in [0.717, 1.165) is 5.01 Å². The molecule has 1 aliphatic rings. The Hall–Kier alpha value is -4.61. The van der Waals surface area contributed by atoms with Crippen LogP contribution in [-0.4, -0.2) is 33.4 Å². The number of carbonyl (C=O) groups is 2. The summed E-state index contributed by atoms with van der Waals surface area (Å²) in [4.78, 5) is 41.3. The number of nitrogens with zero attached hydrogens (tertiary/aromatic N) is 6. The maximum atomic E-state index is 13.2. The molecule has 0 aliphatic carbocycles. The summed E-state index contributed by atoms with van der Waals surface area (Å²) in [7, 11) is 0. The van der Waals surface area contributed by atoms with E-state index in [1.54, 1.807) is 60.8 Å². The second-order valence-corrected chi connectivity index (χ2v) is 9.46. The van der Waals surface area contributed by atoms with Crippen molar-refractivity contribution < 1.29 is 14.5 Å². The highest BCUT2D eigenvalue weighted by Crippen LogP contribution is 2.32. The van der Waals surface area contributed by atoms with Crippen molar-refractivity contribution >= 4 is 56.8 Å². The molecule has 0 fully saturated rings. The van der Waals surface area contributed by atoms with Gasteiger partial charge in [-0.25, -0.2) is 4.98 Å².